The maximum atomic E-state index is 9.54. The molecule has 0 fully saturated rings. The molecule has 2 N–H and O–H groups in total. The van der Waals surface area contributed by atoms with E-state index < -0.39 is 0 Å². The number of para-hydroxylation sites is 1. The largest absolute Gasteiger partial charge is 0.393 e. The molecule has 0 amide bonds. The molecular weight excluding hydrogens is 366 g/mol. The summed E-state index contributed by atoms with van der Waals surface area (Å²) < 4.78 is 0. The summed E-state index contributed by atoms with van der Waals surface area (Å²) in [6.45, 7) is 2.06. The number of aliphatic hydroxyl groups is 1. The monoisotopic (exact) mass is 409 g/mol. The molecule has 0 bridgehead atoms. The number of rotatable bonds is 17. The quantitative estimate of drug-likeness (QED) is 0.257. The van der Waals surface area contributed by atoms with Crippen molar-refractivity contribution in [2.45, 2.75) is 103 Å². The number of hydrogen-bond donors (Lipinski definition) is 2. The summed E-state index contributed by atoms with van der Waals surface area (Å²) in [6.07, 6.45) is 17.8. The molecule has 0 radical (unpaired) electrons. The first kappa shape index (κ1) is 24.5. The van der Waals surface area contributed by atoms with Crippen LogP contribution in [-0.4, -0.2) is 11.2 Å². The second-order valence-corrected chi connectivity index (χ2v) is 8.68. The fraction of sp³-hybridized carbons (Fsp3) is 0.571. The van der Waals surface area contributed by atoms with Crippen LogP contribution >= 0.6 is 0 Å². The lowest BCUT2D eigenvalue weighted by molar-refractivity contribution is 0.156. The molecule has 2 heteroatoms. The van der Waals surface area contributed by atoms with Gasteiger partial charge in [0.2, 0.25) is 0 Å². The Kier molecular flexibility index (Phi) is 13.0. The average molecular weight is 410 g/mol. The fourth-order valence-electron chi connectivity index (χ4n) is 3.95. The Hall–Kier alpha value is -1.80. The van der Waals surface area contributed by atoms with Gasteiger partial charge in [-0.15, -0.1) is 0 Å². The van der Waals surface area contributed by atoms with Crippen molar-refractivity contribution >= 4 is 11.4 Å². The molecule has 0 spiro atoms. The van der Waals surface area contributed by atoms with Crippen LogP contribution in [0.15, 0.2) is 54.6 Å². The summed E-state index contributed by atoms with van der Waals surface area (Å²) in [5.41, 5.74) is 3.74. The standard InChI is InChI=1S/C28H43NO/c1-2-28(30)20-16-11-9-7-5-3-4-6-8-10-13-17-25-21-23-27(24-22-25)29-26-18-14-12-15-19-26/h12,14-15,18-19,21-24,28-30H,2-11,13,16-17,20H2,1H3. The minimum atomic E-state index is -0.0685. The molecule has 0 heterocycles. The van der Waals surface area contributed by atoms with Crippen molar-refractivity contribution in [1.82, 2.24) is 0 Å². The van der Waals surface area contributed by atoms with E-state index in [2.05, 4.69) is 60.8 Å². The molecule has 0 saturated heterocycles. The second kappa shape index (κ2) is 16.0. The smallest absolute Gasteiger partial charge is 0.0537 e. The first-order chi connectivity index (χ1) is 14.8. The minimum absolute atomic E-state index is 0.0685. The van der Waals surface area contributed by atoms with Crippen LogP contribution in [0.3, 0.4) is 0 Å². The Balaban J connectivity index is 1.40. The maximum Gasteiger partial charge on any atom is 0.0537 e. The fourth-order valence-corrected chi connectivity index (χ4v) is 3.95. The molecule has 0 aromatic heterocycles. The van der Waals surface area contributed by atoms with E-state index in [1.54, 1.807) is 0 Å². The van der Waals surface area contributed by atoms with Gasteiger partial charge in [0, 0.05) is 11.4 Å². The minimum Gasteiger partial charge on any atom is -0.393 e. The van der Waals surface area contributed by atoms with E-state index in [1.807, 2.05) is 6.07 Å². The zero-order chi connectivity index (χ0) is 21.3. The number of unbranched alkanes of at least 4 members (excludes halogenated alkanes) is 10. The van der Waals surface area contributed by atoms with Gasteiger partial charge in [0.1, 0.15) is 0 Å². The van der Waals surface area contributed by atoms with Crippen molar-refractivity contribution in [1.29, 1.82) is 0 Å². The van der Waals surface area contributed by atoms with Crippen LogP contribution in [-0.2, 0) is 6.42 Å². The molecule has 0 saturated carbocycles. The Morgan fingerprint density at radius 1 is 0.633 bits per heavy atom. The molecule has 30 heavy (non-hydrogen) atoms. The van der Waals surface area contributed by atoms with E-state index in [-0.39, 0.29) is 6.10 Å². The van der Waals surface area contributed by atoms with Gasteiger partial charge in [0.05, 0.1) is 6.10 Å². The van der Waals surface area contributed by atoms with Crippen LogP contribution in [0.1, 0.15) is 96.0 Å². The van der Waals surface area contributed by atoms with Crippen molar-refractivity contribution in [3.8, 4) is 0 Å². The molecule has 2 rings (SSSR count). The van der Waals surface area contributed by atoms with E-state index in [4.69, 9.17) is 0 Å². The number of benzene rings is 2. The highest BCUT2D eigenvalue weighted by molar-refractivity contribution is 5.59. The molecule has 0 aliphatic rings. The lowest BCUT2D eigenvalue weighted by Gasteiger charge is -2.08. The van der Waals surface area contributed by atoms with Crippen molar-refractivity contribution in [3.63, 3.8) is 0 Å². The molecule has 1 unspecified atom stereocenters. The third-order valence-corrected chi connectivity index (χ3v) is 5.99. The van der Waals surface area contributed by atoms with Crippen molar-refractivity contribution in [3.05, 3.63) is 60.2 Å². The van der Waals surface area contributed by atoms with Crippen molar-refractivity contribution in [2.75, 3.05) is 5.32 Å². The Morgan fingerprint density at radius 2 is 1.13 bits per heavy atom. The van der Waals surface area contributed by atoms with E-state index in [0.29, 0.717) is 0 Å². The molecular formula is C28H43NO. The summed E-state index contributed by atoms with van der Waals surface area (Å²) >= 11 is 0. The first-order valence-electron chi connectivity index (χ1n) is 12.4. The summed E-state index contributed by atoms with van der Waals surface area (Å²) in [4.78, 5) is 0. The predicted molar refractivity (Wildman–Crippen MR) is 132 cm³/mol. The topological polar surface area (TPSA) is 32.3 Å². The summed E-state index contributed by atoms with van der Waals surface area (Å²) in [7, 11) is 0. The molecule has 2 aromatic carbocycles. The van der Waals surface area contributed by atoms with Gasteiger partial charge >= 0.3 is 0 Å². The van der Waals surface area contributed by atoms with Gasteiger partial charge in [0.25, 0.3) is 0 Å². The highest BCUT2D eigenvalue weighted by atomic mass is 16.3. The molecule has 2 nitrogen and oxygen atoms in total. The highest BCUT2D eigenvalue weighted by Crippen LogP contribution is 2.18. The lowest BCUT2D eigenvalue weighted by atomic mass is 10.0. The van der Waals surface area contributed by atoms with Gasteiger partial charge in [-0.2, -0.15) is 0 Å². The van der Waals surface area contributed by atoms with Crippen LogP contribution < -0.4 is 5.32 Å². The van der Waals surface area contributed by atoms with E-state index in [9.17, 15) is 5.11 Å². The van der Waals surface area contributed by atoms with Crippen molar-refractivity contribution in [2.24, 2.45) is 0 Å². The van der Waals surface area contributed by atoms with Gasteiger partial charge in [-0.3, -0.25) is 0 Å². The van der Waals surface area contributed by atoms with Gasteiger partial charge in [0.15, 0.2) is 0 Å². The molecule has 0 aliphatic carbocycles. The summed E-state index contributed by atoms with van der Waals surface area (Å²) in [5, 5.41) is 13.0. The Bertz CT molecular complexity index is 637. The summed E-state index contributed by atoms with van der Waals surface area (Å²) in [5.74, 6) is 0. The Labute approximate surface area is 185 Å². The highest BCUT2D eigenvalue weighted by Gasteiger charge is 2.00. The maximum absolute atomic E-state index is 9.54. The van der Waals surface area contributed by atoms with E-state index >= 15 is 0 Å². The summed E-state index contributed by atoms with van der Waals surface area (Å²) in [6, 6.07) is 19.2. The number of anilines is 2. The lowest BCUT2D eigenvalue weighted by Crippen LogP contribution is -2.03. The number of nitrogens with one attached hydrogen (secondary N) is 1. The van der Waals surface area contributed by atoms with Crippen LogP contribution in [0.25, 0.3) is 0 Å². The van der Waals surface area contributed by atoms with E-state index in [1.165, 1.54) is 82.6 Å². The number of hydrogen-bond acceptors (Lipinski definition) is 2. The molecule has 0 aliphatic heterocycles. The van der Waals surface area contributed by atoms with E-state index in [0.717, 1.165) is 24.2 Å². The van der Waals surface area contributed by atoms with Gasteiger partial charge in [-0.25, -0.2) is 0 Å². The SMILES string of the molecule is CCC(O)CCCCCCCCCCCCCc1ccc(Nc2ccccc2)cc1. The Morgan fingerprint density at radius 3 is 1.70 bits per heavy atom. The zero-order valence-corrected chi connectivity index (χ0v) is 19.1. The van der Waals surface area contributed by atoms with Gasteiger partial charge in [-0.05, 0) is 55.5 Å². The predicted octanol–water partition coefficient (Wildman–Crippen LogP) is 8.42. The first-order valence-corrected chi connectivity index (χ1v) is 12.4. The third kappa shape index (κ3) is 11.4. The van der Waals surface area contributed by atoms with Crippen LogP contribution in [0, 0.1) is 0 Å². The average Bonchev–Trinajstić information content (AvgIpc) is 2.78. The van der Waals surface area contributed by atoms with Crippen molar-refractivity contribution < 1.29 is 5.11 Å². The normalized spacial score (nSPS) is 12.1. The zero-order valence-electron chi connectivity index (χ0n) is 19.1. The number of aliphatic hydroxyl groups excluding tert-OH is 1. The number of aryl methyl sites for hydroxylation is 1. The van der Waals surface area contributed by atoms with Crippen LogP contribution in [0.5, 0.6) is 0 Å². The van der Waals surface area contributed by atoms with Crippen LogP contribution in [0.4, 0.5) is 11.4 Å². The molecule has 2 aromatic rings. The molecule has 1 atom stereocenters. The molecule has 166 valence electrons. The van der Waals surface area contributed by atoms with Gasteiger partial charge < -0.3 is 10.4 Å². The van der Waals surface area contributed by atoms with Gasteiger partial charge in [-0.1, -0.05) is 101 Å². The third-order valence-electron chi connectivity index (χ3n) is 5.99. The second-order valence-electron chi connectivity index (χ2n) is 8.68. The van der Waals surface area contributed by atoms with Crippen LogP contribution in [0.2, 0.25) is 0 Å².